The second-order valence-corrected chi connectivity index (χ2v) is 8.10. The summed E-state index contributed by atoms with van der Waals surface area (Å²) in [6.45, 7) is 2.86. The van der Waals surface area contributed by atoms with Crippen molar-refractivity contribution < 1.29 is 14.3 Å². The molecule has 0 aliphatic heterocycles. The van der Waals surface area contributed by atoms with Gasteiger partial charge in [-0.05, 0) is 66.6 Å². The molecule has 0 heterocycles. The van der Waals surface area contributed by atoms with Gasteiger partial charge < -0.3 is 9.47 Å². The molecule has 0 saturated heterocycles. The van der Waals surface area contributed by atoms with Crippen molar-refractivity contribution >= 4 is 44.0 Å². The molecule has 0 spiro atoms. The van der Waals surface area contributed by atoms with Crippen molar-refractivity contribution in [1.82, 2.24) is 5.43 Å². The Morgan fingerprint density at radius 2 is 1.77 bits per heavy atom. The van der Waals surface area contributed by atoms with Crippen LogP contribution < -0.4 is 14.9 Å². The van der Waals surface area contributed by atoms with Crippen LogP contribution in [0.15, 0.2) is 80.8 Å². The number of carbonyl (C=O) groups excluding carboxylic acids is 1. The third kappa shape index (κ3) is 6.43. The summed E-state index contributed by atoms with van der Waals surface area (Å²) in [5.74, 6) is 0.985. The summed E-state index contributed by atoms with van der Waals surface area (Å²) >= 11 is 6.78. The van der Waals surface area contributed by atoms with Crippen LogP contribution >= 0.6 is 31.9 Å². The van der Waals surface area contributed by atoms with E-state index in [2.05, 4.69) is 42.4 Å². The maximum absolute atomic E-state index is 12.2. The fraction of sp³-hybridized carbons (Fsp3) is 0.130. The van der Waals surface area contributed by atoms with E-state index < -0.39 is 0 Å². The second kappa shape index (κ2) is 10.9. The molecule has 3 aromatic rings. The topological polar surface area (TPSA) is 59.9 Å². The smallest absolute Gasteiger partial charge is 0.271 e. The summed E-state index contributed by atoms with van der Waals surface area (Å²) in [4.78, 5) is 12.2. The minimum atomic E-state index is -0.285. The molecule has 0 aliphatic rings. The van der Waals surface area contributed by atoms with Crippen LogP contribution in [-0.4, -0.2) is 18.7 Å². The Morgan fingerprint density at radius 3 is 2.50 bits per heavy atom. The van der Waals surface area contributed by atoms with Crippen molar-refractivity contribution in [3.63, 3.8) is 0 Å². The molecule has 0 saturated carbocycles. The number of nitrogens with zero attached hydrogens (tertiary/aromatic N) is 1. The molecule has 0 bridgehead atoms. The van der Waals surface area contributed by atoms with Crippen molar-refractivity contribution in [3.8, 4) is 11.5 Å². The molecule has 1 amide bonds. The van der Waals surface area contributed by atoms with E-state index in [1.54, 1.807) is 24.4 Å². The number of carbonyl (C=O) groups is 1. The molecule has 3 rings (SSSR count). The van der Waals surface area contributed by atoms with E-state index in [1.165, 1.54) is 0 Å². The van der Waals surface area contributed by atoms with Crippen molar-refractivity contribution in [2.24, 2.45) is 5.10 Å². The fourth-order valence-corrected chi connectivity index (χ4v) is 3.26. The second-order valence-electron chi connectivity index (χ2n) is 6.26. The molecule has 0 radical (unpaired) electrons. The lowest BCUT2D eigenvalue weighted by Crippen LogP contribution is -2.17. The molecule has 0 aromatic heterocycles. The van der Waals surface area contributed by atoms with E-state index in [9.17, 15) is 4.79 Å². The molecule has 1 N–H and O–H groups in total. The molecule has 7 heteroatoms. The summed E-state index contributed by atoms with van der Waals surface area (Å²) in [5.41, 5.74) is 4.89. The van der Waals surface area contributed by atoms with E-state index in [4.69, 9.17) is 9.47 Å². The van der Waals surface area contributed by atoms with Crippen molar-refractivity contribution in [2.45, 2.75) is 13.5 Å². The number of hydrogen-bond acceptors (Lipinski definition) is 4. The minimum Gasteiger partial charge on any atom is -0.490 e. The van der Waals surface area contributed by atoms with Gasteiger partial charge in [-0.3, -0.25) is 4.79 Å². The van der Waals surface area contributed by atoms with Crippen LogP contribution in [0.25, 0.3) is 0 Å². The Balaban J connectivity index is 1.65. The first-order chi connectivity index (χ1) is 14.5. The van der Waals surface area contributed by atoms with E-state index >= 15 is 0 Å². The Kier molecular flexibility index (Phi) is 8.04. The van der Waals surface area contributed by atoms with E-state index in [1.807, 2.05) is 55.5 Å². The van der Waals surface area contributed by atoms with Crippen LogP contribution in [0.4, 0.5) is 0 Å². The number of hydrazone groups is 1. The highest BCUT2D eigenvalue weighted by Gasteiger charge is 2.07. The minimum absolute atomic E-state index is 0.285. The number of hydrogen-bond donors (Lipinski definition) is 1. The largest absolute Gasteiger partial charge is 0.490 e. The Bertz CT molecular complexity index is 1040. The maximum atomic E-state index is 12.2. The van der Waals surface area contributed by atoms with Crippen molar-refractivity contribution in [2.75, 3.05) is 6.61 Å². The lowest BCUT2D eigenvalue weighted by atomic mass is 10.2. The summed E-state index contributed by atoms with van der Waals surface area (Å²) in [6.07, 6.45) is 1.57. The van der Waals surface area contributed by atoms with Gasteiger partial charge in [-0.2, -0.15) is 5.10 Å². The summed E-state index contributed by atoms with van der Waals surface area (Å²) in [5, 5.41) is 4.04. The van der Waals surface area contributed by atoms with Crippen LogP contribution in [0.2, 0.25) is 0 Å². The maximum Gasteiger partial charge on any atom is 0.271 e. The predicted octanol–water partition coefficient (Wildman–Crippen LogP) is 5.95. The predicted molar refractivity (Wildman–Crippen MR) is 125 cm³/mol. The number of nitrogens with one attached hydrogen (secondary N) is 1. The molecule has 154 valence electrons. The first kappa shape index (κ1) is 22.1. The van der Waals surface area contributed by atoms with Gasteiger partial charge in [0, 0.05) is 14.5 Å². The number of halogens is 2. The monoisotopic (exact) mass is 530 g/mol. The Morgan fingerprint density at radius 1 is 0.967 bits per heavy atom. The third-order valence-electron chi connectivity index (χ3n) is 4.04. The highest BCUT2D eigenvalue weighted by molar-refractivity contribution is 9.10. The molecule has 3 aromatic carbocycles. The number of amides is 1. The number of ether oxygens (including phenoxy) is 2. The zero-order valence-corrected chi connectivity index (χ0v) is 19.4. The zero-order chi connectivity index (χ0) is 21.3. The van der Waals surface area contributed by atoms with Crippen LogP contribution in [-0.2, 0) is 6.61 Å². The highest BCUT2D eigenvalue weighted by atomic mass is 79.9. The van der Waals surface area contributed by atoms with Gasteiger partial charge in [-0.25, -0.2) is 5.43 Å². The molecule has 0 fully saturated rings. The Labute approximate surface area is 192 Å². The molecule has 0 unspecified atom stereocenters. The van der Waals surface area contributed by atoms with E-state index in [0.29, 0.717) is 30.3 Å². The van der Waals surface area contributed by atoms with Gasteiger partial charge in [0.2, 0.25) is 0 Å². The first-order valence-corrected chi connectivity index (χ1v) is 10.9. The molecule has 0 atom stereocenters. The molecule has 0 aliphatic carbocycles. The van der Waals surface area contributed by atoms with Gasteiger partial charge in [-0.1, -0.05) is 50.1 Å². The Hall–Kier alpha value is -2.64. The van der Waals surface area contributed by atoms with Crippen molar-refractivity contribution in [1.29, 1.82) is 0 Å². The zero-order valence-electron chi connectivity index (χ0n) is 16.3. The van der Waals surface area contributed by atoms with Crippen molar-refractivity contribution in [3.05, 3.63) is 92.4 Å². The summed E-state index contributed by atoms with van der Waals surface area (Å²) < 4.78 is 13.5. The lowest BCUT2D eigenvalue weighted by Gasteiger charge is -2.12. The van der Waals surface area contributed by atoms with Crippen LogP contribution in [0, 0.1) is 0 Å². The van der Waals surface area contributed by atoms with Gasteiger partial charge >= 0.3 is 0 Å². The average Bonchev–Trinajstić information content (AvgIpc) is 2.74. The summed E-state index contributed by atoms with van der Waals surface area (Å²) in [6, 6.07) is 20.6. The van der Waals surface area contributed by atoms with Crippen LogP contribution in [0.3, 0.4) is 0 Å². The lowest BCUT2D eigenvalue weighted by molar-refractivity contribution is 0.0955. The van der Waals surface area contributed by atoms with Gasteiger partial charge in [0.15, 0.2) is 11.5 Å². The third-order valence-corrected chi connectivity index (χ3v) is 5.06. The van der Waals surface area contributed by atoms with Gasteiger partial charge in [-0.15, -0.1) is 0 Å². The van der Waals surface area contributed by atoms with Gasteiger partial charge in [0.05, 0.1) is 12.8 Å². The summed E-state index contributed by atoms with van der Waals surface area (Å²) in [7, 11) is 0. The first-order valence-electron chi connectivity index (χ1n) is 9.28. The van der Waals surface area contributed by atoms with E-state index in [0.717, 1.165) is 20.1 Å². The van der Waals surface area contributed by atoms with Crippen LogP contribution in [0.1, 0.15) is 28.4 Å². The van der Waals surface area contributed by atoms with Crippen LogP contribution in [0.5, 0.6) is 11.5 Å². The number of benzene rings is 3. The SMILES string of the molecule is CCOc1cc(/C=N\NC(=O)c2cccc(Br)c2)ccc1OCc1ccc(Br)cc1. The standard InChI is InChI=1S/C23H20Br2N2O3/c1-2-29-22-12-17(14-26-27-23(28)18-4-3-5-20(25)13-18)8-11-21(22)30-15-16-6-9-19(24)10-7-16/h3-14H,2,15H2,1H3,(H,27,28)/b26-14-. The highest BCUT2D eigenvalue weighted by Crippen LogP contribution is 2.29. The molecular formula is C23H20Br2N2O3. The van der Waals surface area contributed by atoms with E-state index in [-0.39, 0.29) is 5.91 Å². The molecule has 30 heavy (non-hydrogen) atoms. The fourth-order valence-electron chi connectivity index (χ4n) is 2.59. The average molecular weight is 532 g/mol. The quantitative estimate of drug-likeness (QED) is 0.288. The molecule has 5 nitrogen and oxygen atoms in total. The van der Waals surface area contributed by atoms with Gasteiger partial charge in [0.1, 0.15) is 6.61 Å². The van der Waals surface area contributed by atoms with Gasteiger partial charge in [0.25, 0.3) is 5.91 Å². The molecular weight excluding hydrogens is 512 g/mol. The number of rotatable bonds is 8. The normalized spacial score (nSPS) is 10.8.